The number of fused-ring (bicyclic) bond motifs is 6. The second-order valence-electron chi connectivity index (χ2n) is 5.64. The largest absolute Gasteiger partial charge is 0.494 e. The van der Waals surface area contributed by atoms with Crippen molar-refractivity contribution in [2.75, 3.05) is 0 Å². The van der Waals surface area contributed by atoms with Crippen molar-refractivity contribution in [3.63, 3.8) is 0 Å². The van der Waals surface area contributed by atoms with Crippen LogP contribution in [0.25, 0.3) is 16.6 Å². The maximum Gasteiger partial charge on any atom is 0.205 e. The van der Waals surface area contributed by atoms with Crippen molar-refractivity contribution in [1.29, 1.82) is 0 Å². The van der Waals surface area contributed by atoms with E-state index in [1.165, 1.54) is 4.57 Å². The molecule has 6 heteroatoms. The van der Waals surface area contributed by atoms with E-state index in [9.17, 15) is 10.2 Å². The fourth-order valence-electron chi connectivity index (χ4n) is 3.59. The summed E-state index contributed by atoms with van der Waals surface area (Å²) in [5, 5.41) is 28.9. The minimum atomic E-state index is -0.0898. The summed E-state index contributed by atoms with van der Waals surface area (Å²) in [6.45, 7) is 0. The van der Waals surface area contributed by atoms with E-state index in [2.05, 4.69) is 10.2 Å². The topological polar surface area (TPSA) is 83.3 Å². The van der Waals surface area contributed by atoms with E-state index in [-0.39, 0.29) is 24.0 Å². The summed E-state index contributed by atoms with van der Waals surface area (Å²) in [5.41, 5.74) is 3.05. The minimum absolute atomic E-state index is 0.0774. The average molecular weight is 283 g/mol. The summed E-state index contributed by atoms with van der Waals surface area (Å²) in [6, 6.07) is 5.62. The Hall–Kier alpha value is -2.47. The molecule has 0 saturated carbocycles. The van der Waals surface area contributed by atoms with Crippen LogP contribution in [0.4, 0.5) is 0 Å². The molecule has 0 unspecified atom stereocenters. The van der Waals surface area contributed by atoms with Crippen LogP contribution in [0, 0.1) is 0 Å². The normalized spacial score (nSPS) is 23.0. The van der Waals surface area contributed by atoms with Gasteiger partial charge in [-0.1, -0.05) is 0 Å². The Balaban J connectivity index is 1.77. The molecule has 106 valence electrons. The Labute approximate surface area is 119 Å². The van der Waals surface area contributed by atoms with E-state index in [4.69, 9.17) is 4.74 Å². The number of aromatic amines is 1. The highest BCUT2D eigenvalue weighted by Gasteiger charge is 2.45. The number of aromatic hydroxyl groups is 2. The second-order valence-corrected chi connectivity index (χ2v) is 5.64. The average Bonchev–Trinajstić information content (AvgIpc) is 3.22. The van der Waals surface area contributed by atoms with Crippen molar-refractivity contribution in [3.8, 4) is 17.4 Å². The Morgan fingerprint density at radius 3 is 2.57 bits per heavy atom. The molecule has 3 aromatic rings. The van der Waals surface area contributed by atoms with Crippen LogP contribution < -0.4 is 0 Å². The lowest BCUT2D eigenvalue weighted by Crippen LogP contribution is -1.96. The van der Waals surface area contributed by atoms with Gasteiger partial charge < -0.3 is 14.9 Å². The zero-order valence-electron chi connectivity index (χ0n) is 11.1. The van der Waals surface area contributed by atoms with Gasteiger partial charge in [0.25, 0.3) is 0 Å². The van der Waals surface area contributed by atoms with Gasteiger partial charge in [-0.15, -0.1) is 0 Å². The van der Waals surface area contributed by atoms with Crippen molar-refractivity contribution in [2.24, 2.45) is 0 Å². The first kappa shape index (κ1) is 11.2. The van der Waals surface area contributed by atoms with E-state index < -0.39 is 0 Å². The van der Waals surface area contributed by atoms with Crippen LogP contribution in [0.5, 0.6) is 11.8 Å². The van der Waals surface area contributed by atoms with Gasteiger partial charge in [0.15, 0.2) is 0 Å². The quantitative estimate of drug-likeness (QED) is 0.641. The van der Waals surface area contributed by atoms with Crippen LogP contribution in [0.2, 0.25) is 0 Å². The van der Waals surface area contributed by atoms with E-state index >= 15 is 0 Å². The Morgan fingerprint density at radius 2 is 1.86 bits per heavy atom. The van der Waals surface area contributed by atoms with Gasteiger partial charge in [0, 0.05) is 5.39 Å². The molecular formula is C15H13N3O3. The van der Waals surface area contributed by atoms with E-state index in [0.717, 1.165) is 34.9 Å². The highest BCUT2D eigenvalue weighted by molar-refractivity contribution is 5.80. The molecule has 3 N–H and O–H groups in total. The molecule has 1 saturated heterocycles. The molecule has 2 atom stereocenters. The molecule has 2 bridgehead atoms. The van der Waals surface area contributed by atoms with Crippen molar-refractivity contribution in [2.45, 2.75) is 25.0 Å². The summed E-state index contributed by atoms with van der Waals surface area (Å²) >= 11 is 0. The van der Waals surface area contributed by atoms with Gasteiger partial charge in [0.1, 0.15) is 0 Å². The summed E-state index contributed by atoms with van der Waals surface area (Å²) in [4.78, 5) is 0. The number of nitrogens with one attached hydrogen (secondary N) is 1. The molecule has 2 aliphatic heterocycles. The third kappa shape index (κ3) is 1.28. The number of nitrogens with zero attached hydrogens (tertiary/aromatic N) is 2. The van der Waals surface area contributed by atoms with Crippen molar-refractivity contribution in [3.05, 3.63) is 35.5 Å². The van der Waals surface area contributed by atoms with Crippen LogP contribution in [0.3, 0.4) is 0 Å². The van der Waals surface area contributed by atoms with Crippen molar-refractivity contribution in [1.82, 2.24) is 14.8 Å². The third-order valence-corrected chi connectivity index (χ3v) is 4.54. The maximum atomic E-state index is 10.5. The fraction of sp³-hybridized carbons (Fsp3) is 0.267. The number of ether oxygens (including phenoxy) is 1. The number of H-pyrrole nitrogens is 1. The molecule has 0 radical (unpaired) electrons. The van der Waals surface area contributed by atoms with Crippen molar-refractivity contribution < 1.29 is 14.9 Å². The Kier molecular flexibility index (Phi) is 1.92. The lowest BCUT2D eigenvalue weighted by molar-refractivity contribution is 0.0683. The molecule has 0 spiro atoms. The minimum Gasteiger partial charge on any atom is -0.494 e. The predicted octanol–water partition coefficient (Wildman–Crippen LogP) is 2.67. The zero-order chi connectivity index (χ0) is 14.1. The first-order chi connectivity index (χ1) is 10.2. The van der Waals surface area contributed by atoms with Gasteiger partial charge in [-0.05, 0) is 31.0 Å². The number of hydrogen-bond donors (Lipinski definition) is 3. The summed E-state index contributed by atoms with van der Waals surface area (Å²) in [6.07, 6.45) is 3.35. The van der Waals surface area contributed by atoms with Crippen molar-refractivity contribution >= 4 is 10.9 Å². The fourth-order valence-corrected chi connectivity index (χ4v) is 3.59. The molecular weight excluding hydrogens is 270 g/mol. The standard InChI is InChI=1S/C15H13N3O3/c19-14-12-10-3-4-11(21-10)13(12)15(20)18(14)8-2-1-7-6-16-17-9(7)5-8/h1-2,5-6,10-11,19-20H,3-4H2,(H,16,17)/t10-,11+. The Bertz CT molecular complexity index is 846. The Morgan fingerprint density at radius 1 is 1.14 bits per heavy atom. The second kappa shape index (κ2) is 3.59. The molecule has 1 fully saturated rings. The number of benzene rings is 1. The van der Waals surface area contributed by atoms with Crippen LogP contribution in [0.15, 0.2) is 24.4 Å². The zero-order valence-corrected chi connectivity index (χ0v) is 11.1. The van der Waals surface area contributed by atoms with E-state index in [1.807, 2.05) is 18.2 Å². The third-order valence-electron chi connectivity index (χ3n) is 4.54. The van der Waals surface area contributed by atoms with Gasteiger partial charge in [-0.2, -0.15) is 5.10 Å². The summed E-state index contributed by atoms with van der Waals surface area (Å²) < 4.78 is 7.23. The highest BCUT2D eigenvalue weighted by Crippen LogP contribution is 2.58. The molecule has 0 aliphatic carbocycles. The lowest BCUT2D eigenvalue weighted by Gasteiger charge is -2.10. The molecule has 6 nitrogen and oxygen atoms in total. The van der Waals surface area contributed by atoms with Gasteiger partial charge >= 0.3 is 0 Å². The first-order valence-corrected chi connectivity index (χ1v) is 6.99. The maximum absolute atomic E-state index is 10.5. The highest BCUT2D eigenvalue weighted by atomic mass is 16.5. The van der Waals surface area contributed by atoms with Gasteiger partial charge in [-0.25, -0.2) is 0 Å². The smallest absolute Gasteiger partial charge is 0.205 e. The molecule has 1 aromatic carbocycles. The molecule has 0 amide bonds. The monoisotopic (exact) mass is 283 g/mol. The summed E-state index contributed by atoms with van der Waals surface area (Å²) in [7, 11) is 0. The molecule has 5 rings (SSSR count). The first-order valence-electron chi connectivity index (χ1n) is 6.99. The lowest BCUT2D eigenvalue weighted by atomic mass is 9.95. The van der Waals surface area contributed by atoms with Crippen LogP contribution in [-0.2, 0) is 4.74 Å². The van der Waals surface area contributed by atoms with Gasteiger partial charge in [0.05, 0.1) is 40.7 Å². The molecule has 2 aromatic heterocycles. The van der Waals surface area contributed by atoms with Crippen LogP contribution >= 0.6 is 0 Å². The van der Waals surface area contributed by atoms with Gasteiger partial charge in [0.2, 0.25) is 11.8 Å². The van der Waals surface area contributed by atoms with Crippen LogP contribution in [-0.4, -0.2) is 25.0 Å². The molecule has 21 heavy (non-hydrogen) atoms. The van der Waals surface area contributed by atoms with E-state index in [1.54, 1.807) is 6.20 Å². The molecule has 4 heterocycles. The SMILES string of the molecule is Oc1c2c(c(O)n1-c1ccc3cn[nH]c3c1)[C@H]1CC[C@@H]2O1. The number of hydrogen-bond acceptors (Lipinski definition) is 4. The molecule has 2 aliphatic rings. The number of rotatable bonds is 1. The van der Waals surface area contributed by atoms with Gasteiger partial charge in [-0.3, -0.25) is 9.67 Å². The summed E-state index contributed by atoms with van der Waals surface area (Å²) in [5.74, 6) is 0.155. The number of aromatic nitrogens is 3. The predicted molar refractivity (Wildman–Crippen MR) is 74.6 cm³/mol. The van der Waals surface area contributed by atoms with E-state index in [0.29, 0.717) is 5.69 Å². The van der Waals surface area contributed by atoms with Crippen LogP contribution in [0.1, 0.15) is 36.2 Å².